The molecule has 0 spiro atoms. The number of hydrogen-bond donors (Lipinski definition) is 3. The molecule has 3 rings (SSSR count). The molecule has 0 radical (unpaired) electrons. The highest BCUT2D eigenvalue weighted by Crippen LogP contribution is 2.38. The van der Waals surface area contributed by atoms with Gasteiger partial charge in [0.1, 0.15) is 23.8 Å². The molecule has 2 aromatic rings. The average Bonchev–Trinajstić information content (AvgIpc) is 3.30. The predicted octanol–water partition coefficient (Wildman–Crippen LogP) is 3.52. The molecule has 0 bridgehead atoms. The van der Waals surface area contributed by atoms with Crippen LogP contribution in [0.1, 0.15) is 61.6 Å². The van der Waals surface area contributed by atoms with Crippen LogP contribution in [0, 0.1) is 0 Å². The normalized spacial score (nSPS) is 23.8. The highest BCUT2D eigenvalue weighted by Gasteiger charge is 2.50. The Bertz CT molecular complexity index is 992. The average molecular weight is 546 g/mol. The summed E-state index contributed by atoms with van der Waals surface area (Å²) in [5.74, 6) is 0.00133. The van der Waals surface area contributed by atoms with E-state index in [2.05, 4.69) is 42.6 Å². The van der Waals surface area contributed by atoms with Crippen LogP contribution in [0.15, 0.2) is 6.33 Å². The van der Waals surface area contributed by atoms with Crippen molar-refractivity contribution in [3.63, 3.8) is 0 Å². The van der Waals surface area contributed by atoms with E-state index in [4.69, 9.17) is 30.9 Å². The summed E-state index contributed by atoms with van der Waals surface area (Å²) in [5.41, 5.74) is 7.26. The van der Waals surface area contributed by atoms with Crippen LogP contribution in [0.2, 0.25) is 27.3 Å². The van der Waals surface area contributed by atoms with Gasteiger partial charge in [-0.2, -0.15) is 9.97 Å². The monoisotopic (exact) mass is 545 g/mol. The van der Waals surface area contributed by atoms with Gasteiger partial charge in [-0.3, -0.25) is 4.57 Å². The Morgan fingerprint density at radius 1 is 1.14 bits per heavy atom. The van der Waals surface area contributed by atoms with Crippen molar-refractivity contribution in [3.05, 3.63) is 11.5 Å². The lowest BCUT2D eigenvalue weighted by Gasteiger charge is -2.35. The van der Waals surface area contributed by atoms with Crippen LogP contribution >= 0.6 is 11.6 Å². The molecule has 1 aliphatic rings. The number of rotatable bonds is 10. The summed E-state index contributed by atoms with van der Waals surface area (Å²) in [6.45, 7) is 16.6. The first kappa shape index (κ1) is 28.4. The maximum absolute atomic E-state index is 11.5. The first-order valence-corrected chi connectivity index (χ1v) is 16.5. The Kier molecular flexibility index (Phi) is 9.01. The van der Waals surface area contributed by atoms with Crippen LogP contribution < -0.4 is 5.73 Å². The number of ether oxygens (including phenoxy) is 1. The zero-order valence-electron chi connectivity index (χ0n) is 21.8. The molecule has 4 N–H and O–H groups in total. The molecule has 13 heteroatoms. The van der Waals surface area contributed by atoms with E-state index >= 15 is 0 Å². The van der Waals surface area contributed by atoms with Crippen LogP contribution in [0.5, 0.6) is 0 Å². The molecule has 198 valence electrons. The maximum Gasteiger partial charge on any atom is 0.340 e. The lowest BCUT2D eigenvalue weighted by molar-refractivity contribution is -0.0512. The summed E-state index contributed by atoms with van der Waals surface area (Å²) in [7, 11) is -4.76. The van der Waals surface area contributed by atoms with Crippen LogP contribution in [0.25, 0.3) is 11.2 Å². The zero-order valence-corrected chi connectivity index (χ0v) is 24.8. The second-order valence-corrected chi connectivity index (χ2v) is 19.0. The molecule has 1 fully saturated rings. The van der Waals surface area contributed by atoms with Gasteiger partial charge in [-0.15, -0.1) is 0 Å². The molecule has 10 nitrogen and oxygen atoms in total. The Hall–Kier alpha value is -1.13. The summed E-state index contributed by atoms with van der Waals surface area (Å²) in [6, 6.07) is 0. The lowest BCUT2D eigenvalue weighted by Crippen LogP contribution is -2.49. The molecule has 1 aliphatic heterocycles. The van der Waals surface area contributed by atoms with Crippen molar-refractivity contribution < 1.29 is 23.5 Å². The molecule has 4 atom stereocenters. The van der Waals surface area contributed by atoms with E-state index in [-0.39, 0.29) is 28.8 Å². The SMILES string of the molecule is CC(C)[SiH](OC1C(O)[C@H](n2cnc3c(Cl)nc(N)nc32)O[C@@H]1CO[Si](O)(C(C)C)C(C)C)C(C)C. The van der Waals surface area contributed by atoms with Gasteiger partial charge in [-0.05, 0) is 22.2 Å². The van der Waals surface area contributed by atoms with Crippen molar-refractivity contribution in [2.24, 2.45) is 0 Å². The summed E-state index contributed by atoms with van der Waals surface area (Å²) in [5, 5.41) is 11.6. The summed E-state index contributed by atoms with van der Waals surface area (Å²) < 4.78 is 20.8. The fourth-order valence-corrected chi connectivity index (χ4v) is 10.3. The highest BCUT2D eigenvalue weighted by atomic mass is 35.5. The zero-order chi connectivity index (χ0) is 26.2. The van der Waals surface area contributed by atoms with Crippen molar-refractivity contribution >= 4 is 46.3 Å². The molecule has 0 aliphatic carbocycles. The first-order valence-electron chi connectivity index (χ1n) is 12.3. The summed E-state index contributed by atoms with van der Waals surface area (Å²) in [4.78, 5) is 23.8. The van der Waals surface area contributed by atoms with Gasteiger partial charge in [0.05, 0.1) is 12.9 Å². The molecule has 3 heterocycles. The minimum Gasteiger partial charge on any atom is -0.411 e. The van der Waals surface area contributed by atoms with E-state index < -0.39 is 42.1 Å². The van der Waals surface area contributed by atoms with Gasteiger partial charge in [0, 0.05) is 0 Å². The molecular weight excluding hydrogens is 506 g/mol. The molecule has 35 heavy (non-hydrogen) atoms. The number of imidazole rings is 1. The van der Waals surface area contributed by atoms with Crippen molar-refractivity contribution in [2.45, 2.75) is 102 Å². The molecule has 0 amide bonds. The fraction of sp³-hybridized carbons (Fsp3) is 0.773. The van der Waals surface area contributed by atoms with Crippen LogP contribution in [0.3, 0.4) is 0 Å². The van der Waals surface area contributed by atoms with Crippen molar-refractivity contribution in [2.75, 3.05) is 12.3 Å². The molecular formula is C22H40ClN5O5Si2. The van der Waals surface area contributed by atoms with Gasteiger partial charge in [0.2, 0.25) is 5.95 Å². The summed E-state index contributed by atoms with van der Waals surface area (Å²) >= 11 is 6.20. The molecule has 1 saturated heterocycles. The van der Waals surface area contributed by atoms with Crippen LogP contribution in [0.4, 0.5) is 5.95 Å². The van der Waals surface area contributed by atoms with E-state index in [1.165, 1.54) is 6.33 Å². The number of aliphatic hydroxyl groups excluding tert-OH is 1. The Balaban J connectivity index is 1.96. The fourth-order valence-electron chi connectivity index (χ4n) is 4.82. The number of aromatic nitrogens is 4. The number of anilines is 1. The molecule has 0 aromatic carbocycles. The van der Waals surface area contributed by atoms with Gasteiger partial charge >= 0.3 is 8.56 Å². The van der Waals surface area contributed by atoms with E-state index in [0.717, 1.165) is 0 Å². The topological polar surface area (TPSA) is 138 Å². The number of nitrogens with two attached hydrogens (primary N) is 1. The van der Waals surface area contributed by atoms with E-state index in [1.807, 2.05) is 27.7 Å². The number of halogens is 1. The minimum absolute atomic E-state index is 0.00133. The summed E-state index contributed by atoms with van der Waals surface area (Å²) in [6.07, 6.45) is -1.58. The predicted molar refractivity (Wildman–Crippen MR) is 141 cm³/mol. The number of nitrogen functional groups attached to an aromatic ring is 1. The largest absolute Gasteiger partial charge is 0.411 e. The maximum atomic E-state index is 11.5. The molecule has 2 aromatic heterocycles. The van der Waals surface area contributed by atoms with E-state index in [1.54, 1.807) is 4.57 Å². The smallest absolute Gasteiger partial charge is 0.340 e. The third-order valence-electron chi connectivity index (χ3n) is 6.74. The van der Waals surface area contributed by atoms with Crippen LogP contribution in [-0.4, -0.2) is 71.9 Å². The standard InChI is InChI=1S/C22H40ClN5O5Si2/c1-11(2)34(12(3)4)33-18-15(9-31-35(30,13(5)6)14(7)8)32-21(17(18)29)28-10-25-16-19(23)26-22(24)27-20(16)28/h10-15,17-18,21,29-30,34H,9H2,1-8H3,(H2,24,26,27)/t15-,17?,18?,21-/m1/s1. The van der Waals surface area contributed by atoms with Gasteiger partial charge < -0.3 is 29.2 Å². The van der Waals surface area contributed by atoms with Crippen molar-refractivity contribution in [1.29, 1.82) is 0 Å². The van der Waals surface area contributed by atoms with Gasteiger partial charge in [-0.25, -0.2) is 4.98 Å². The Labute approximate surface area is 215 Å². The first-order chi connectivity index (χ1) is 16.3. The minimum atomic E-state index is -3.03. The molecule has 0 saturated carbocycles. The Morgan fingerprint density at radius 3 is 2.29 bits per heavy atom. The van der Waals surface area contributed by atoms with E-state index in [0.29, 0.717) is 22.2 Å². The second-order valence-electron chi connectivity index (χ2n) is 10.7. The third kappa shape index (κ3) is 5.74. The Morgan fingerprint density at radius 2 is 1.74 bits per heavy atom. The van der Waals surface area contributed by atoms with Crippen molar-refractivity contribution in [1.82, 2.24) is 19.5 Å². The number of nitrogens with zero attached hydrogens (tertiary/aromatic N) is 4. The quantitative estimate of drug-likeness (QED) is 0.302. The van der Waals surface area contributed by atoms with Gasteiger partial charge in [0.25, 0.3) is 0 Å². The van der Waals surface area contributed by atoms with Gasteiger partial charge in [0.15, 0.2) is 26.1 Å². The van der Waals surface area contributed by atoms with Gasteiger partial charge in [-0.1, -0.05) is 67.0 Å². The highest BCUT2D eigenvalue weighted by molar-refractivity contribution is 6.68. The number of fused-ring (bicyclic) bond motifs is 1. The van der Waals surface area contributed by atoms with Crippen LogP contribution in [-0.2, 0) is 13.6 Å². The van der Waals surface area contributed by atoms with E-state index in [9.17, 15) is 9.90 Å². The molecule has 2 unspecified atom stereocenters. The number of hydrogen-bond acceptors (Lipinski definition) is 9. The van der Waals surface area contributed by atoms with Crippen molar-refractivity contribution in [3.8, 4) is 0 Å². The lowest BCUT2D eigenvalue weighted by atomic mass is 10.1. The number of aliphatic hydroxyl groups is 1. The third-order valence-corrected chi connectivity index (χ3v) is 14.2. The second kappa shape index (κ2) is 11.1.